The van der Waals surface area contributed by atoms with E-state index in [0.717, 1.165) is 18.2 Å². The van der Waals surface area contributed by atoms with Gasteiger partial charge in [-0.05, 0) is 36.2 Å². The molecule has 0 aromatic heterocycles. The molecule has 10 heteroatoms. The summed E-state index contributed by atoms with van der Waals surface area (Å²) in [5.41, 5.74) is -1.22. The van der Waals surface area contributed by atoms with Crippen LogP contribution in [0.5, 0.6) is 0 Å². The lowest BCUT2D eigenvalue weighted by atomic mass is 10.1. The predicted molar refractivity (Wildman–Crippen MR) is 103 cm³/mol. The highest BCUT2D eigenvalue weighted by molar-refractivity contribution is 5.90. The molecule has 1 saturated heterocycles. The van der Waals surface area contributed by atoms with Crippen LogP contribution in [0.3, 0.4) is 0 Å². The molecule has 0 bridgehead atoms. The Morgan fingerprint density at radius 2 is 1.52 bits per heavy atom. The Morgan fingerprint density at radius 1 is 0.839 bits per heavy atom. The number of anilines is 1. The lowest BCUT2D eigenvalue weighted by molar-refractivity contribution is -0.138. The van der Waals surface area contributed by atoms with Crippen molar-refractivity contribution in [3.8, 4) is 0 Å². The minimum atomic E-state index is -4.58. The van der Waals surface area contributed by atoms with Gasteiger partial charge in [-0.25, -0.2) is 4.79 Å². The van der Waals surface area contributed by atoms with Crippen molar-refractivity contribution in [3.05, 3.63) is 65.2 Å². The highest BCUT2D eigenvalue weighted by Gasteiger charge is 2.34. The van der Waals surface area contributed by atoms with Crippen LogP contribution in [0, 0.1) is 0 Å². The molecule has 31 heavy (non-hydrogen) atoms. The summed E-state index contributed by atoms with van der Waals surface area (Å²) in [7, 11) is 0. The summed E-state index contributed by atoms with van der Waals surface area (Å²) < 4.78 is 77.4. The van der Waals surface area contributed by atoms with E-state index in [2.05, 4.69) is 5.32 Å². The largest absolute Gasteiger partial charge is 0.418 e. The van der Waals surface area contributed by atoms with Crippen LogP contribution < -0.4 is 5.32 Å². The maximum atomic E-state index is 13.1. The highest BCUT2D eigenvalue weighted by atomic mass is 19.4. The molecule has 2 amide bonds. The first kappa shape index (κ1) is 22.9. The summed E-state index contributed by atoms with van der Waals surface area (Å²) >= 11 is 0. The van der Waals surface area contributed by atoms with Crippen LogP contribution in [-0.2, 0) is 18.9 Å². The van der Waals surface area contributed by atoms with Gasteiger partial charge in [0, 0.05) is 32.7 Å². The molecule has 1 heterocycles. The second-order valence-electron chi connectivity index (χ2n) is 7.28. The van der Waals surface area contributed by atoms with Crippen LogP contribution in [-0.4, -0.2) is 42.0 Å². The number of amides is 2. The van der Waals surface area contributed by atoms with E-state index in [9.17, 15) is 31.1 Å². The van der Waals surface area contributed by atoms with Gasteiger partial charge in [0.1, 0.15) is 0 Å². The molecule has 0 radical (unpaired) electrons. The molecule has 4 nitrogen and oxygen atoms in total. The van der Waals surface area contributed by atoms with Gasteiger partial charge < -0.3 is 10.2 Å². The van der Waals surface area contributed by atoms with Crippen LogP contribution in [0.2, 0.25) is 0 Å². The number of alkyl halides is 6. The molecular weight excluding hydrogens is 424 g/mol. The van der Waals surface area contributed by atoms with Gasteiger partial charge in [-0.1, -0.05) is 24.3 Å². The number of nitrogens with zero attached hydrogens (tertiary/aromatic N) is 2. The molecule has 168 valence electrons. The number of hydrogen-bond donors (Lipinski definition) is 1. The van der Waals surface area contributed by atoms with E-state index in [0.29, 0.717) is 44.7 Å². The van der Waals surface area contributed by atoms with Crippen LogP contribution in [0.1, 0.15) is 23.1 Å². The van der Waals surface area contributed by atoms with Gasteiger partial charge >= 0.3 is 18.4 Å². The molecule has 0 saturated carbocycles. The lowest BCUT2D eigenvalue weighted by Gasteiger charge is -2.23. The number of nitrogens with one attached hydrogen (secondary N) is 1. The zero-order valence-corrected chi connectivity index (χ0v) is 16.4. The Hall–Kier alpha value is -2.75. The van der Waals surface area contributed by atoms with Crippen molar-refractivity contribution in [2.75, 3.05) is 31.5 Å². The fraction of sp³-hybridized carbons (Fsp3) is 0.381. The molecule has 2 aromatic rings. The fourth-order valence-corrected chi connectivity index (χ4v) is 3.42. The van der Waals surface area contributed by atoms with Gasteiger partial charge in [-0.15, -0.1) is 0 Å². The number of para-hydroxylation sites is 1. The molecule has 2 aromatic carbocycles. The molecule has 0 unspecified atom stereocenters. The smallest absolute Gasteiger partial charge is 0.323 e. The molecule has 0 spiro atoms. The van der Waals surface area contributed by atoms with Crippen molar-refractivity contribution in [1.29, 1.82) is 0 Å². The first-order chi connectivity index (χ1) is 14.5. The normalized spacial score (nSPS) is 16.1. The Kier molecular flexibility index (Phi) is 6.78. The van der Waals surface area contributed by atoms with Crippen molar-refractivity contribution >= 4 is 11.7 Å². The second-order valence-corrected chi connectivity index (χ2v) is 7.28. The average molecular weight is 445 g/mol. The summed E-state index contributed by atoms with van der Waals surface area (Å²) in [6.45, 7) is 2.15. The van der Waals surface area contributed by atoms with E-state index >= 15 is 0 Å². The zero-order valence-electron chi connectivity index (χ0n) is 16.4. The number of rotatable bonds is 3. The van der Waals surface area contributed by atoms with E-state index in [4.69, 9.17) is 0 Å². The second kappa shape index (κ2) is 9.17. The van der Waals surface area contributed by atoms with Crippen LogP contribution in [0.15, 0.2) is 48.5 Å². The number of halogens is 6. The molecular formula is C21H21F6N3O. The Balaban J connectivity index is 1.58. The van der Waals surface area contributed by atoms with Crippen LogP contribution >= 0.6 is 0 Å². The lowest BCUT2D eigenvalue weighted by Crippen LogP contribution is -2.38. The van der Waals surface area contributed by atoms with Gasteiger partial charge in [0.05, 0.1) is 16.8 Å². The molecule has 0 atom stereocenters. The third-order valence-corrected chi connectivity index (χ3v) is 5.04. The highest BCUT2D eigenvalue weighted by Crippen LogP contribution is 2.34. The molecule has 1 N–H and O–H groups in total. The van der Waals surface area contributed by atoms with E-state index < -0.39 is 29.5 Å². The SMILES string of the molecule is O=C(Nc1ccccc1C(F)(F)F)N1CCCN(Cc2ccc(C(F)(F)F)cc2)CC1. The third-order valence-electron chi connectivity index (χ3n) is 5.04. The summed E-state index contributed by atoms with van der Waals surface area (Å²) in [5.74, 6) is 0. The van der Waals surface area contributed by atoms with Crippen molar-refractivity contribution in [3.63, 3.8) is 0 Å². The quantitative estimate of drug-likeness (QED) is 0.637. The van der Waals surface area contributed by atoms with E-state index in [-0.39, 0.29) is 5.69 Å². The van der Waals surface area contributed by atoms with Crippen molar-refractivity contribution < 1.29 is 31.1 Å². The topological polar surface area (TPSA) is 35.6 Å². The molecule has 0 aliphatic carbocycles. The van der Waals surface area contributed by atoms with Crippen molar-refractivity contribution in [2.45, 2.75) is 25.3 Å². The molecule has 1 aliphatic rings. The monoisotopic (exact) mass is 445 g/mol. The number of carbonyl (C=O) groups is 1. The Bertz CT molecular complexity index is 895. The van der Waals surface area contributed by atoms with Gasteiger partial charge in [-0.3, -0.25) is 4.90 Å². The van der Waals surface area contributed by atoms with Gasteiger partial charge in [0.2, 0.25) is 0 Å². The first-order valence-corrected chi connectivity index (χ1v) is 9.65. The maximum absolute atomic E-state index is 13.1. The van der Waals surface area contributed by atoms with Gasteiger partial charge in [0.25, 0.3) is 0 Å². The Morgan fingerprint density at radius 3 is 2.16 bits per heavy atom. The average Bonchev–Trinajstić information content (AvgIpc) is 2.93. The summed E-state index contributed by atoms with van der Waals surface area (Å²) in [6, 6.07) is 9.07. The number of carbonyl (C=O) groups excluding carboxylic acids is 1. The van der Waals surface area contributed by atoms with Crippen LogP contribution in [0.25, 0.3) is 0 Å². The molecule has 1 aliphatic heterocycles. The summed E-state index contributed by atoms with van der Waals surface area (Å²) in [5, 5.41) is 2.34. The predicted octanol–water partition coefficient (Wildman–Crippen LogP) is 5.46. The van der Waals surface area contributed by atoms with E-state index in [1.165, 1.54) is 35.2 Å². The third kappa shape index (κ3) is 6.13. The minimum absolute atomic E-state index is 0.292. The molecule has 3 rings (SSSR count). The number of urea groups is 1. The molecule has 1 fully saturated rings. The number of hydrogen-bond acceptors (Lipinski definition) is 2. The van der Waals surface area contributed by atoms with Gasteiger partial charge in [0.15, 0.2) is 0 Å². The summed E-state index contributed by atoms with van der Waals surface area (Å²) in [6.07, 6.45) is -8.38. The van der Waals surface area contributed by atoms with Crippen molar-refractivity contribution in [1.82, 2.24) is 9.80 Å². The Labute approximate surface area is 175 Å². The van der Waals surface area contributed by atoms with Crippen molar-refractivity contribution in [2.24, 2.45) is 0 Å². The van der Waals surface area contributed by atoms with E-state index in [1.54, 1.807) is 0 Å². The standard InChI is InChI=1S/C21H21F6N3O/c22-20(23,24)16-8-6-15(7-9-16)14-29-10-3-11-30(13-12-29)19(31)28-18-5-2-1-4-17(18)21(25,26)27/h1-2,4-9H,3,10-14H2,(H,28,31). The van der Waals surface area contributed by atoms with Crippen LogP contribution in [0.4, 0.5) is 36.8 Å². The minimum Gasteiger partial charge on any atom is -0.323 e. The maximum Gasteiger partial charge on any atom is 0.418 e. The van der Waals surface area contributed by atoms with E-state index in [1.807, 2.05) is 4.90 Å². The van der Waals surface area contributed by atoms with Gasteiger partial charge in [-0.2, -0.15) is 26.3 Å². The fourth-order valence-electron chi connectivity index (χ4n) is 3.42. The first-order valence-electron chi connectivity index (χ1n) is 9.65. The summed E-state index contributed by atoms with van der Waals surface area (Å²) in [4.78, 5) is 16.0. The number of benzene rings is 2. The zero-order chi connectivity index (χ0) is 22.6.